The largest absolute Gasteiger partial charge is 0.493 e. The third-order valence-corrected chi connectivity index (χ3v) is 5.22. The van der Waals surface area contributed by atoms with Gasteiger partial charge in [-0.2, -0.15) is 0 Å². The predicted molar refractivity (Wildman–Crippen MR) is 96.0 cm³/mol. The van der Waals surface area contributed by atoms with E-state index in [4.69, 9.17) is 9.15 Å². The first-order chi connectivity index (χ1) is 13.1. The summed E-state index contributed by atoms with van der Waals surface area (Å²) in [6, 6.07) is 6.95. The Bertz CT molecular complexity index is 1090. The van der Waals surface area contributed by atoms with Crippen LogP contribution in [0.1, 0.15) is 40.9 Å². The second-order valence-electron chi connectivity index (χ2n) is 7.09. The molecule has 1 saturated heterocycles. The van der Waals surface area contributed by atoms with Crippen LogP contribution in [0.5, 0.6) is 5.75 Å². The molecule has 8 nitrogen and oxygen atoms in total. The highest BCUT2D eigenvalue weighted by atomic mass is 16.5. The minimum Gasteiger partial charge on any atom is -0.493 e. The number of hydrogen-bond acceptors (Lipinski definition) is 6. The summed E-state index contributed by atoms with van der Waals surface area (Å²) in [5.74, 6) is 0.688. The average Bonchev–Trinajstić information content (AvgIpc) is 3.38. The van der Waals surface area contributed by atoms with Crippen molar-refractivity contribution in [3.63, 3.8) is 0 Å². The third kappa shape index (κ3) is 2.68. The molecule has 2 aliphatic rings. The van der Waals surface area contributed by atoms with Gasteiger partial charge in [0, 0.05) is 30.6 Å². The summed E-state index contributed by atoms with van der Waals surface area (Å²) in [6.07, 6.45) is 4.33. The van der Waals surface area contributed by atoms with Crippen LogP contribution in [-0.2, 0) is 0 Å². The number of fused-ring (bicyclic) bond motifs is 1. The van der Waals surface area contributed by atoms with Crippen LogP contribution >= 0.6 is 0 Å². The van der Waals surface area contributed by atoms with Gasteiger partial charge in [0.15, 0.2) is 11.3 Å². The number of para-hydroxylation sites is 1. The first kappa shape index (κ1) is 16.0. The fourth-order valence-electron chi connectivity index (χ4n) is 3.42. The summed E-state index contributed by atoms with van der Waals surface area (Å²) < 4.78 is 12.4. The predicted octanol–water partition coefficient (Wildman–Crippen LogP) is 1.97. The van der Waals surface area contributed by atoms with E-state index in [1.54, 1.807) is 29.2 Å². The molecule has 3 heterocycles. The molecule has 1 amide bonds. The van der Waals surface area contributed by atoms with E-state index in [2.05, 4.69) is 10.3 Å². The summed E-state index contributed by atoms with van der Waals surface area (Å²) in [5.41, 5.74) is 0.755. The number of benzene rings is 1. The molecule has 0 radical (unpaired) electrons. The molecule has 3 aromatic rings. The Hall–Kier alpha value is -3.16. The second kappa shape index (κ2) is 5.94. The number of methoxy groups -OCH3 is 1. The molecule has 0 spiro atoms. The van der Waals surface area contributed by atoms with Gasteiger partial charge in [-0.1, -0.05) is 17.3 Å². The summed E-state index contributed by atoms with van der Waals surface area (Å²) in [6.45, 7) is 1.00. The molecule has 0 atom stereocenters. The van der Waals surface area contributed by atoms with Crippen molar-refractivity contribution in [3.05, 3.63) is 52.1 Å². The van der Waals surface area contributed by atoms with E-state index in [-0.39, 0.29) is 17.5 Å². The van der Waals surface area contributed by atoms with E-state index in [9.17, 15) is 9.59 Å². The Morgan fingerprint density at radius 2 is 2.11 bits per heavy atom. The quantitative estimate of drug-likeness (QED) is 0.656. The summed E-state index contributed by atoms with van der Waals surface area (Å²) in [4.78, 5) is 26.7. The van der Waals surface area contributed by atoms with Gasteiger partial charge in [0.05, 0.1) is 18.8 Å². The zero-order valence-corrected chi connectivity index (χ0v) is 14.8. The molecular weight excluding hydrogens is 348 g/mol. The van der Waals surface area contributed by atoms with Crippen LogP contribution in [0.2, 0.25) is 0 Å². The first-order valence-electron chi connectivity index (χ1n) is 8.96. The van der Waals surface area contributed by atoms with Crippen LogP contribution < -0.4 is 10.4 Å². The zero-order valence-electron chi connectivity index (χ0n) is 14.8. The van der Waals surface area contributed by atoms with E-state index in [1.165, 1.54) is 20.0 Å². The van der Waals surface area contributed by atoms with Crippen LogP contribution in [0.25, 0.3) is 11.0 Å². The number of nitrogens with zero attached hydrogens (tertiary/aromatic N) is 4. The molecular formula is C19H18N4O4. The molecule has 1 aliphatic heterocycles. The SMILES string of the molecule is COc1cccc2cc(C(=O)N3CC(n4cc(C5CC5)nn4)C3)c(=O)oc12. The van der Waals surface area contributed by atoms with Gasteiger partial charge >= 0.3 is 5.63 Å². The number of hydrogen-bond donors (Lipinski definition) is 0. The van der Waals surface area contributed by atoms with Crippen molar-refractivity contribution < 1.29 is 13.9 Å². The summed E-state index contributed by atoms with van der Waals surface area (Å²) in [5, 5.41) is 9.04. The Morgan fingerprint density at radius 3 is 2.85 bits per heavy atom. The number of rotatable bonds is 4. The highest BCUT2D eigenvalue weighted by Crippen LogP contribution is 2.39. The van der Waals surface area contributed by atoms with Gasteiger partial charge in [0.2, 0.25) is 0 Å². The van der Waals surface area contributed by atoms with E-state index < -0.39 is 5.63 Å². The molecule has 8 heteroatoms. The molecule has 2 aromatic heterocycles. The van der Waals surface area contributed by atoms with Gasteiger partial charge in [-0.25, -0.2) is 9.48 Å². The highest BCUT2D eigenvalue weighted by molar-refractivity contribution is 5.97. The molecule has 1 aliphatic carbocycles. The number of likely N-dealkylation sites (tertiary alicyclic amines) is 1. The van der Waals surface area contributed by atoms with Crippen LogP contribution in [0, 0.1) is 0 Å². The number of carbonyl (C=O) groups excluding carboxylic acids is 1. The molecule has 5 rings (SSSR count). The molecule has 2 fully saturated rings. The Kier molecular flexibility index (Phi) is 3.53. The van der Waals surface area contributed by atoms with Crippen LogP contribution in [-0.4, -0.2) is 46.0 Å². The van der Waals surface area contributed by atoms with E-state index in [0.29, 0.717) is 35.7 Å². The number of ether oxygens (including phenoxy) is 1. The van der Waals surface area contributed by atoms with Gasteiger partial charge < -0.3 is 14.1 Å². The lowest BCUT2D eigenvalue weighted by molar-refractivity contribution is 0.0494. The fraction of sp³-hybridized carbons (Fsp3) is 0.368. The van der Waals surface area contributed by atoms with Crippen LogP contribution in [0.15, 0.2) is 39.7 Å². The topological polar surface area (TPSA) is 90.5 Å². The van der Waals surface area contributed by atoms with Crippen LogP contribution in [0.3, 0.4) is 0 Å². The van der Waals surface area contributed by atoms with Crippen molar-refractivity contribution in [1.82, 2.24) is 19.9 Å². The molecule has 138 valence electrons. The lowest BCUT2D eigenvalue weighted by atomic mass is 10.1. The highest BCUT2D eigenvalue weighted by Gasteiger charge is 2.36. The van der Waals surface area contributed by atoms with Crippen molar-refractivity contribution in [2.45, 2.75) is 24.8 Å². The maximum atomic E-state index is 12.7. The van der Waals surface area contributed by atoms with Crippen molar-refractivity contribution in [2.24, 2.45) is 0 Å². The van der Waals surface area contributed by atoms with Crippen molar-refractivity contribution >= 4 is 16.9 Å². The summed E-state index contributed by atoms with van der Waals surface area (Å²) in [7, 11) is 1.51. The number of aromatic nitrogens is 3. The van der Waals surface area contributed by atoms with E-state index >= 15 is 0 Å². The number of carbonyl (C=O) groups is 1. The number of amides is 1. The normalized spacial score (nSPS) is 17.1. The van der Waals surface area contributed by atoms with Crippen molar-refractivity contribution in [3.8, 4) is 5.75 Å². The van der Waals surface area contributed by atoms with Gasteiger partial charge in [-0.3, -0.25) is 4.79 Å². The molecule has 1 aromatic carbocycles. The second-order valence-corrected chi connectivity index (χ2v) is 7.09. The van der Waals surface area contributed by atoms with Crippen molar-refractivity contribution in [1.29, 1.82) is 0 Å². The first-order valence-corrected chi connectivity index (χ1v) is 8.96. The molecule has 0 bridgehead atoms. The molecule has 0 N–H and O–H groups in total. The Morgan fingerprint density at radius 1 is 1.30 bits per heavy atom. The summed E-state index contributed by atoms with van der Waals surface area (Å²) >= 11 is 0. The lowest BCUT2D eigenvalue weighted by Crippen LogP contribution is -2.51. The molecule has 27 heavy (non-hydrogen) atoms. The average molecular weight is 366 g/mol. The lowest BCUT2D eigenvalue weighted by Gasteiger charge is -2.38. The molecule has 0 unspecified atom stereocenters. The zero-order chi connectivity index (χ0) is 18.5. The van der Waals surface area contributed by atoms with Gasteiger partial charge in [-0.15, -0.1) is 5.10 Å². The Labute approximate surface area is 154 Å². The maximum absolute atomic E-state index is 12.7. The smallest absolute Gasteiger partial charge is 0.349 e. The van der Waals surface area contributed by atoms with Gasteiger partial charge in [-0.05, 0) is 25.0 Å². The minimum absolute atomic E-state index is 0.0338. The van der Waals surface area contributed by atoms with E-state index in [1.807, 2.05) is 10.9 Å². The maximum Gasteiger partial charge on any atom is 0.349 e. The van der Waals surface area contributed by atoms with Crippen LogP contribution in [0.4, 0.5) is 0 Å². The minimum atomic E-state index is -0.655. The third-order valence-electron chi connectivity index (χ3n) is 5.22. The monoisotopic (exact) mass is 366 g/mol. The van der Waals surface area contributed by atoms with E-state index in [0.717, 1.165) is 5.69 Å². The molecule has 1 saturated carbocycles. The fourth-order valence-corrected chi connectivity index (χ4v) is 3.42. The standard InChI is InChI=1S/C19H18N4O4/c1-26-16-4-2-3-12-7-14(19(25)27-17(12)16)18(24)22-8-13(9-22)23-10-15(20-21-23)11-5-6-11/h2-4,7,10-11,13H,5-6,8-9H2,1H3. The van der Waals surface area contributed by atoms with Gasteiger partial charge in [0.25, 0.3) is 5.91 Å². The van der Waals surface area contributed by atoms with Gasteiger partial charge in [0.1, 0.15) is 5.56 Å². The van der Waals surface area contributed by atoms with Crippen molar-refractivity contribution in [2.75, 3.05) is 20.2 Å². The Balaban J connectivity index is 1.35.